The lowest BCUT2D eigenvalue weighted by atomic mass is 10.0. The van der Waals surface area contributed by atoms with E-state index in [0.717, 1.165) is 16.7 Å². The van der Waals surface area contributed by atoms with Crippen molar-refractivity contribution >= 4 is 12.2 Å². The van der Waals surface area contributed by atoms with Crippen LogP contribution in [-0.2, 0) is 6.42 Å². The second-order valence-electron chi connectivity index (χ2n) is 6.16. The monoisotopic (exact) mass is 354 g/mol. The summed E-state index contributed by atoms with van der Waals surface area (Å²) in [4.78, 5) is 0. The fraction of sp³-hybridized carbons (Fsp3) is 0.273. The van der Waals surface area contributed by atoms with E-state index in [-0.39, 0.29) is 5.75 Å². The molecular formula is C22H26O4. The molecule has 4 nitrogen and oxygen atoms in total. The number of hydrogen-bond donors (Lipinski definition) is 1. The zero-order valence-electron chi connectivity index (χ0n) is 16.0. The molecule has 0 saturated carbocycles. The van der Waals surface area contributed by atoms with Crippen molar-refractivity contribution in [2.24, 2.45) is 0 Å². The van der Waals surface area contributed by atoms with E-state index < -0.39 is 0 Å². The van der Waals surface area contributed by atoms with E-state index >= 15 is 0 Å². The molecule has 0 unspecified atom stereocenters. The molecule has 1 N–H and O–H groups in total. The summed E-state index contributed by atoms with van der Waals surface area (Å²) >= 11 is 0. The van der Waals surface area contributed by atoms with Gasteiger partial charge in [-0.05, 0) is 55.7 Å². The average Bonchev–Trinajstić information content (AvgIpc) is 2.65. The van der Waals surface area contributed by atoms with Gasteiger partial charge < -0.3 is 19.3 Å². The number of methoxy groups -OCH3 is 3. The minimum atomic E-state index is 0.188. The lowest BCUT2D eigenvalue weighted by molar-refractivity contribution is 0.355. The molecule has 0 aliphatic carbocycles. The van der Waals surface area contributed by atoms with Crippen molar-refractivity contribution in [2.45, 2.75) is 20.3 Å². The Morgan fingerprint density at radius 2 is 1.46 bits per heavy atom. The van der Waals surface area contributed by atoms with Crippen LogP contribution >= 0.6 is 0 Å². The molecule has 0 bridgehead atoms. The predicted molar refractivity (Wildman–Crippen MR) is 106 cm³/mol. The topological polar surface area (TPSA) is 47.9 Å². The van der Waals surface area contributed by atoms with Crippen molar-refractivity contribution in [3.63, 3.8) is 0 Å². The SMILES string of the molecule is COc1ccc(/C=C/c2cc(CC=C(C)C)c(O)c(OC)c2)cc1OC. The highest BCUT2D eigenvalue weighted by Gasteiger charge is 2.09. The number of rotatable bonds is 7. The summed E-state index contributed by atoms with van der Waals surface area (Å²) in [6, 6.07) is 9.53. The molecule has 2 rings (SSSR count). The van der Waals surface area contributed by atoms with Crippen LogP contribution in [0.4, 0.5) is 0 Å². The van der Waals surface area contributed by atoms with E-state index in [9.17, 15) is 5.11 Å². The number of ether oxygens (including phenoxy) is 3. The van der Waals surface area contributed by atoms with Gasteiger partial charge in [0.15, 0.2) is 23.0 Å². The van der Waals surface area contributed by atoms with Gasteiger partial charge in [0.2, 0.25) is 0 Å². The maximum absolute atomic E-state index is 10.3. The number of phenolic OH excluding ortho intramolecular Hbond substituents is 1. The van der Waals surface area contributed by atoms with Gasteiger partial charge in [0, 0.05) is 5.56 Å². The minimum absolute atomic E-state index is 0.188. The van der Waals surface area contributed by atoms with Gasteiger partial charge in [0.25, 0.3) is 0 Å². The third kappa shape index (κ3) is 4.82. The third-order valence-electron chi connectivity index (χ3n) is 4.00. The molecular weight excluding hydrogens is 328 g/mol. The van der Waals surface area contributed by atoms with Crippen LogP contribution < -0.4 is 14.2 Å². The summed E-state index contributed by atoms with van der Waals surface area (Å²) in [7, 11) is 4.79. The van der Waals surface area contributed by atoms with Gasteiger partial charge in [-0.3, -0.25) is 0 Å². The van der Waals surface area contributed by atoms with Crippen LogP contribution in [0, 0.1) is 0 Å². The van der Waals surface area contributed by atoms with Crippen molar-refractivity contribution < 1.29 is 19.3 Å². The van der Waals surface area contributed by atoms with Crippen LogP contribution in [-0.4, -0.2) is 26.4 Å². The Morgan fingerprint density at radius 1 is 0.846 bits per heavy atom. The number of aromatic hydroxyl groups is 1. The molecule has 0 aliphatic heterocycles. The minimum Gasteiger partial charge on any atom is -0.504 e. The van der Waals surface area contributed by atoms with Crippen LogP contribution in [0.15, 0.2) is 42.0 Å². The average molecular weight is 354 g/mol. The van der Waals surface area contributed by atoms with Crippen LogP contribution in [0.5, 0.6) is 23.0 Å². The molecule has 0 spiro atoms. The van der Waals surface area contributed by atoms with E-state index in [2.05, 4.69) is 6.08 Å². The lowest BCUT2D eigenvalue weighted by Crippen LogP contribution is -1.91. The first kappa shape index (κ1) is 19.4. The van der Waals surface area contributed by atoms with Crippen LogP contribution in [0.2, 0.25) is 0 Å². The smallest absolute Gasteiger partial charge is 0.161 e. The molecule has 2 aromatic carbocycles. The molecule has 2 aromatic rings. The molecule has 4 heteroatoms. The van der Waals surface area contributed by atoms with Crippen molar-refractivity contribution in [3.05, 3.63) is 58.7 Å². The Bertz CT molecular complexity index is 815. The maximum Gasteiger partial charge on any atom is 0.161 e. The Kier molecular flexibility index (Phi) is 6.73. The number of phenols is 1. The Morgan fingerprint density at radius 3 is 2.08 bits per heavy atom. The van der Waals surface area contributed by atoms with E-state index in [1.54, 1.807) is 21.3 Å². The Labute approximate surface area is 155 Å². The van der Waals surface area contributed by atoms with E-state index in [0.29, 0.717) is 23.7 Å². The molecule has 0 radical (unpaired) electrons. The van der Waals surface area contributed by atoms with Crippen molar-refractivity contribution in [3.8, 4) is 23.0 Å². The zero-order valence-corrected chi connectivity index (χ0v) is 16.0. The zero-order chi connectivity index (χ0) is 19.1. The van der Waals surface area contributed by atoms with E-state index in [1.807, 2.05) is 56.3 Å². The molecule has 0 atom stereocenters. The van der Waals surface area contributed by atoms with E-state index in [1.165, 1.54) is 5.57 Å². The van der Waals surface area contributed by atoms with Crippen molar-refractivity contribution in [2.75, 3.05) is 21.3 Å². The molecule has 0 aromatic heterocycles. The van der Waals surface area contributed by atoms with Gasteiger partial charge in [0.05, 0.1) is 21.3 Å². The van der Waals surface area contributed by atoms with Crippen molar-refractivity contribution in [1.29, 1.82) is 0 Å². The fourth-order valence-corrected chi connectivity index (χ4v) is 2.56. The normalized spacial score (nSPS) is 10.7. The molecule has 0 heterocycles. The number of benzene rings is 2. The summed E-state index contributed by atoms with van der Waals surface area (Å²) in [6.07, 6.45) is 6.70. The van der Waals surface area contributed by atoms with Gasteiger partial charge in [-0.2, -0.15) is 0 Å². The fourth-order valence-electron chi connectivity index (χ4n) is 2.56. The molecule has 0 aliphatic rings. The molecule has 0 amide bonds. The lowest BCUT2D eigenvalue weighted by Gasteiger charge is -2.10. The first-order valence-electron chi connectivity index (χ1n) is 8.41. The predicted octanol–water partition coefficient (Wildman–Crippen LogP) is 5.10. The summed E-state index contributed by atoms with van der Waals surface area (Å²) in [5, 5.41) is 10.3. The maximum atomic E-state index is 10.3. The summed E-state index contributed by atoms with van der Waals surface area (Å²) < 4.78 is 15.9. The highest BCUT2D eigenvalue weighted by molar-refractivity contribution is 5.73. The van der Waals surface area contributed by atoms with Gasteiger partial charge in [-0.25, -0.2) is 0 Å². The molecule has 0 fully saturated rings. The second kappa shape index (κ2) is 8.99. The van der Waals surface area contributed by atoms with Gasteiger partial charge >= 0.3 is 0 Å². The Hall–Kier alpha value is -2.88. The highest BCUT2D eigenvalue weighted by Crippen LogP contribution is 2.33. The van der Waals surface area contributed by atoms with Gasteiger partial charge in [-0.1, -0.05) is 29.9 Å². The van der Waals surface area contributed by atoms with Crippen LogP contribution in [0.25, 0.3) is 12.2 Å². The highest BCUT2D eigenvalue weighted by atomic mass is 16.5. The van der Waals surface area contributed by atoms with Gasteiger partial charge in [-0.15, -0.1) is 0 Å². The standard InChI is InChI=1S/C22H26O4/c1-15(2)6-10-18-12-17(14-21(26-5)22(18)23)8-7-16-9-11-19(24-3)20(13-16)25-4/h6-9,11-14,23H,10H2,1-5H3/b8-7+. The summed E-state index contributed by atoms with van der Waals surface area (Å²) in [5.74, 6) is 2.03. The molecule has 138 valence electrons. The summed E-state index contributed by atoms with van der Waals surface area (Å²) in [5.41, 5.74) is 3.97. The second-order valence-corrected chi connectivity index (χ2v) is 6.16. The Balaban J connectivity index is 2.34. The quantitative estimate of drug-likeness (QED) is 0.555. The van der Waals surface area contributed by atoms with Gasteiger partial charge in [0.1, 0.15) is 0 Å². The largest absolute Gasteiger partial charge is 0.504 e. The number of allylic oxidation sites excluding steroid dienone is 2. The number of hydrogen-bond acceptors (Lipinski definition) is 4. The summed E-state index contributed by atoms with van der Waals surface area (Å²) in [6.45, 7) is 4.07. The van der Waals surface area contributed by atoms with Crippen LogP contribution in [0.1, 0.15) is 30.5 Å². The first-order chi connectivity index (χ1) is 12.5. The third-order valence-corrected chi connectivity index (χ3v) is 4.00. The van der Waals surface area contributed by atoms with E-state index in [4.69, 9.17) is 14.2 Å². The van der Waals surface area contributed by atoms with Crippen molar-refractivity contribution in [1.82, 2.24) is 0 Å². The molecule has 26 heavy (non-hydrogen) atoms. The van der Waals surface area contributed by atoms with Crippen LogP contribution in [0.3, 0.4) is 0 Å². The first-order valence-corrected chi connectivity index (χ1v) is 8.41. The molecule has 0 saturated heterocycles.